The standard InChI is InChI=1S/C33H39N3O/c1-25-26(2)36(24-29-12-7-4-8-13-29)32-15-14-30(23-31(25)32)33(37)34-18-9-19-35-20-16-28(17-21-35)22-27-10-5-3-6-11-27/h3-8,10-15,23,28H,9,16-22,24H2,1-2H3,(H,34,37). The summed E-state index contributed by atoms with van der Waals surface area (Å²) < 4.78 is 2.35. The number of hydrogen-bond acceptors (Lipinski definition) is 2. The number of hydrogen-bond donors (Lipinski definition) is 1. The molecule has 0 atom stereocenters. The van der Waals surface area contributed by atoms with E-state index in [1.165, 1.54) is 65.6 Å². The lowest BCUT2D eigenvalue weighted by Crippen LogP contribution is -2.36. The minimum Gasteiger partial charge on any atom is -0.352 e. The number of likely N-dealkylation sites (tertiary alicyclic amines) is 1. The van der Waals surface area contributed by atoms with Gasteiger partial charge in [-0.05, 0) is 100.0 Å². The Bertz CT molecular complexity index is 1320. The fraction of sp³-hybridized carbons (Fsp3) is 0.364. The molecule has 0 unspecified atom stereocenters. The summed E-state index contributed by atoms with van der Waals surface area (Å²) >= 11 is 0. The van der Waals surface area contributed by atoms with Gasteiger partial charge in [-0.1, -0.05) is 60.7 Å². The fourth-order valence-corrected chi connectivity index (χ4v) is 5.73. The van der Waals surface area contributed by atoms with E-state index in [9.17, 15) is 4.79 Å². The van der Waals surface area contributed by atoms with Gasteiger partial charge in [0.1, 0.15) is 0 Å². The van der Waals surface area contributed by atoms with Crippen molar-refractivity contribution >= 4 is 16.8 Å². The van der Waals surface area contributed by atoms with E-state index in [-0.39, 0.29) is 5.91 Å². The van der Waals surface area contributed by atoms with Crippen LogP contribution in [0.4, 0.5) is 0 Å². The first kappa shape index (κ1) is 25.3. The maximum absolute atomic E-state index is 12.9. The van der Waals surface area contributed by atoms with Gasteiger partial charge >= 0.3 is 0 Å². The van der Waals surface area contributed by atoms with E-state index >= 15 is 0 Å². The summed E-state index contributed by atoms with van der Waals surface area (Å²) in [5.74, 6) is 0.819. The zero-order valence-electron chi connectivity index (χ0n) is 22.2. The molecule has 192 valence electrons. The van der Waals surface area contributed by atoms with Gasteiger partial charge in [0.05, 0.1) is 0 Å². The molecule has 1 fully saturated rings. The van der Waals surface area contributed by atoms with Crippen LogP contribution in [0.5, 0.6) is 0 Å². The summed E-state index contributed by atoms with van der Waals surface area (Å²) in [5, 5.41) is 4.32. The number of carbonyl (C=O) groups is 1. The van der Waals surface area contributed by atoms with Gasteiger partial charge in [-0.3, -0.25) is 4.79 Å². The number of nitrogens with zero attached hydrogens (tertiary/aromatic N) is 2. The van der Waals surface area contributed by atoms with Gasteiger partial charge in [0, 0.05) is 35.2 Å². The molecule has 37 heavy (non-hydrogen) atoms. The molecule has 1 saturated heterocycles. The lowest BCUT2D eigenvalue weighted by Gasteiger charge is -2.32. The molecule has 1 amide bonds. The number of amides is 1. The Morgan fingerprint density at radius 2 is 1.57 bits per heavy atom. The average molecular weight is 494 g/mol. The Morgan fingerprint density at radius 3 is 2.27 bits per heavy atom. The number of nitrogens with one attached hydrogen (secondary N) is 1. The van der Waals surface area contributed by atoms with Gasteiger partial charge in [0.2, 0.25) is 0 Å². The van der Waals surface area contributed by atoms with Gasteiger partial charge in [-0.25, -0.2) is 0 Å². The summed E-state index contributed by atoms with van der Waals surface area (Å²) in [6.07, 6.45) is 4.72. The fourth-order valence-electron chi connectivity index (χ4n) is 5.73. The summed E-state index contributed by atoms with van der Waals surface area (Å²) in [4.78, 5) is 15.5. The Hall–Kier alpha value is -3.37. The topological polar surface area (TPSA) is 37.3 Å². The maximum atomic E-state index is 12.9. The van der Waals surface area contributed by atoms with Crippen molar-refractivity contribution in [2.75, 3.05) is 26.2 Å². The highest BCUT2D eigenvalue weighted by atomic mass is 16.1. The van der Waals surface area contributed by atoms with Crippen molar-refractivity contribution in [3.8, 4) is 0 Å². The number of piperidine rings is 1. The molecule has 4 aromatic rings. The number of aryl methyl sites for hydroxylation is 1. The third-order valence-electron chi connectivity index (χ3n) is 8.10. The molecule has 1 aliphatic rings. The van der Waals surface area contributed by atoms with Crippen LogP contribution in [-0.4, -0.2) is 41.6 Å². The van der Waals surface area contributed by atoms with E-state index in [0.29, 0.717) is 6.54 Å². The summed E-state index contributed by atoms with van der Waals surface area (Å²) in [6.45, 7) is 9.27. The summed E-state index contributed by atoms with van der Waals surface area (Å²) in [7, 11) is 0. The second kappa shape index (κ2) is 11.8. The lowest BCUT2D eigenvalue weighted by atomic mass is 9.90. The highest BCUT2D eigenvalue weighted by Gasteiger charge is 2.19. The molecule has 1 aromatic heterocycles. The van der Waals surface area contributed by atoms with Crippen molar-refractivity contribution in [1.29, 1.82) is 0 Å². The van der Waals surface area contributed by atoms with Crippen molar-refractivity contribution in [2.24, 2.45) is 5.92 Å². The molecule has 0 aliphatic carbocycles. The number of benzene rings is 3. The van der Waals surface area contributed by atoms with Crippen molar-refractivity contribution in [1.82, 2.24) is 14.8 Å². The van der Waals surface area contributed by atoms with Crippen LogP contribution in [0.25, 0.3) is 10.9 Å². The van der Waals surface area contributed by atoms with Gasteiger partial charge in [-0.15, -0.1) is 0 Å². The van der Waals surface area contributed by atoms with Crippen LogP contribution < -0.4 is 5.32 Å². The van der Waals surface area contributed by atoms with Crippen LogP contribution in [0, 0.1) is 19.8 Å². The molecule has 0 saturated carbocycles. The van der Waals surface area contributed by atoms with Gasteiger partial charge in [-0.2, -0.15) is 0 Å². The first-order chi connectivity index (χ1) is 18.1. The smallest absolute Gasteiger partial charge is 0.251 e. The monoisotopic (exact) mass is 493 g/mol. The minimum atomic E-state index is 0.0244. The van der Waals surface area contributed by atoms with Crippen LogP contribution in [0.2, 0.25) is 0 Å². The zero-order valence-corrected chi connectivity index (χ0v) is 22.2. The van der Waals surface area contributed by atoms with Crippen LogP contribution in [0.3, 0.4) is 0 Å². The largest absolute Gasteiger partial charge is 0.352 e. The zero-order chi connectivity index (χ0) is 25.6. The molecule has 1 aliphatic heterocycles. The summed E-state index contributed by atoms with van der Waals surface area (Å²) in [5.41, 5.74) is 7.17. The van der Waals surface area contributed by atoms with Gasteiger partial charge in [0.25, 0.3) is 5.91 Å². The lowest BCUT2D eigenvalue weighted by molar-refractivity contribution is 0.0950. The molecular weight excluding hydrogens is 454 g/mol. The molecule has 2 heterocycles. The quantitative estimate of drug-likeness (QED) is 0.275. The van der Waals surface area contributed by atoms with Crippen molar-refractivity contribution in [3.63, 3.8) is 0 Å². The SMILES string of the molecule is Cc1c(C)n(Cc2ccccc2)c2ccc(C(=O)NCCCN3CCC(Cc4ccccc4)CC3)cc12. The van der Waals surface area contributed by atoms with Crippen LogP contribution in [-0.2, 0) is 13.0 Å². The molecule has 4 heteroatoms. The van der Waals surface area contributed by atoms with E-state index < -0.39 is 0 Å². The number of carbonyl (C=O) groups excluding carboxylic acids is 1. The number of fused-ring (bicyclic) bond motifs is 1. The predicted octanol–water partition coefficient (Wildman–Crippen LogP) is 6.38. The van der Waals surface area contributed by atoms with E-state index in [2.05, 4.69) is 101 Å². The molecule has 1 N–H and O–H groups in total. The number of aromatic nitrogens is 1. The molecule has 5 rings (SSSR count). The Labute approximate surface area is 221 Å². The van der Waals surface area contributed by atoms with E-state index in [1.54, 1.807) is 0 Å². The molecule has 0 bridgehead atoms. The van der Waals surface area contributed by atoms with Gasteiger partial charge < -0.3 is 14.8 Å². The third-order valence-corrected chi connectivity index (χ3v) is 8.10. The highest BCUT2D eigenvalue weighted by Crippen LogP contribution is 2.27. The average Bonchev–Trinajstić information content (AvgIpc) is 3.17. The molecule has 4 nitrogen and oxygen atoms in total. The molecular formula is C33H39N3O. The van der Waals surface area contributed by atoms with Crippen molar-refractivity contribution < 1.29 is 4.79 Å². The molecule has 0 radical (unpaired) electrons. The highest BCUT2D eigenvalue weighted by molar-refractivity contribution is 5.99. The van der Waals surface area contributed by atoms with Crippen LogP contribution >= 0.6 is 0 Å². The number of rotatable bonds is 9. The van der Waals surface area contributed by atoms with E-state index in [0.717, 1.165) is 31.0 Å². The Balaban J connectivity index is 1.10. The first-order valence-electron chi connectivity index (χ1n) is 13.8. The Kier molecular flexibility index (Phi) is 8.05. The van der Waals surface area contributed by atoms with Crippen LogP contribution in [0.15, 0.2) is 78.9 Å². The first-order valence-corrected chi connectivity index (χ1v) is 13.8. The second-order valence-electron chi connectivity index (χ2n) is 10.6. The Morgan fingerprint density at radius 1 is 0.892 bits per heavy atom. The predicted molar refractivity (Wildman–Crippen MR) is 153 cm³/mol. The normalized spacial score (nSPS) is 14.8. The maximum Gasteiger partial charge on any atom is 0.251 e. The molecule has 3 aromatic carbocycles. The minimum absolute atomic E-state index is 0.0244. The third kappa shape index (κ3) is 6.14. The van der Waals surface area contributed by atoms with Crippen molar-refractivity contribution in [2.45, 2.75) is 46.1 Å². The summed E-state index contributed by atoms with van der Waals surface area (Å²) in [6, 6.07) is 27.5. The van der Waals surface area contributed by atoms with Crippen molar-refractivity contribution in [3.05, 3.63) is 107 Å². The van der Waals surface area contributed by atoms with Gasteiger partial charge in [0.15, 0.2) is 0 Å². The van der Waals surface area contributed by atoms with Crippen LogP contribution in [0.1, 0.15) is 52.0 Å². The van der Waals surface area contributed by atoms with E-state index in [1.807, 2.05) is 6.07 Å². The second-order valence-corrected chi connectivity index (χ2v) is 10.6. The van der Waals surface area contributed by atoms with E-state index in [4.69, 9.17) is 0 Å². The molecule has 0 spiro atoms.